The summed E-state index contributed by atoms with van der Waals surface area (Å²) in [4.78, 5) is 44.4. The Labute approximate surface area is 354 Å². The van der Waals surface area contributed by atoms with Crippen LogP contribution in [0.4, 0.5) is 4.79 Å². The summed E-state index contributed by atoms with van der Waals surface area (Å²) in [5.74, 6) is -0.777. The zero-order valence-electron chi connectivity index (χ0n) is 34.4. The topological polar surface area (TPSA) is 213 Å². The number of carbonyl (C=O) groups excluding carboxylic acids is 3. The molecule has 3 aliphatic heterocycles. The van der Waals surface area contributed by atoms with Crippen LogP contribution < -0.4 is 25.3 Å². The predicted octanol–water partition coefficient (Wildman–Crippen LogP) is 4.33. The van der Waals surface area contributed by atoms with Gasteiger partial charge in [-0.25, -0.2) is 23.0 Å². The number of alkyl carbamates (subject to hydrolysis) is 1. The van der Waals surface area contributed by atoms with Crippen molar-refractivity contribution in [1.29, 1.82) is 0 Å². The maximum Gasteiger partial charge on any atom is 0.407 e. The second-order valence-corrected chi connectivity index (χ2v) is 18.8. The molecule has 3 aromatic rings. The molecule has 6 atom stereocenters. The van der Waals surface area contributed by atoms with E-state index in [1.165, 1.54) is 33.8 Å². The van der Waals surface area contributed by atoms with Gasteiger partial charge in [-0.2, -0.15) is 4.31 Å². The van der Waals surface area contributed by atoms with Crippen molar-refractivity contribution >= 4 is 39.4 Å². The Kier molecular flexibility index (Phi) is 15.3. The first-order chi connectivity index (χ1) is 28.6. The molecular formula is C41H54N4O13S2. The van der Waals surface area contributed by atoms with Crippen molar-refractivity contribution in [2.75, 3.05) is 39.7 Å². The monoisotopic (exact) mass is 874 g/mol. The summed E-state index contributed by atoms with van der Waals surface area (Å²) in [6.45, 7) is 9.02. The van der Waals surface area contributed by atoms with Gasteiger partial charge in [-0.1, -0.05) is 39.8 Å². The average Bonchev–Trinajstić information content (AvgIpc) is 4.02. The second-order valence-electron chi connectivity index (χ2n) is 15.8. The predicted molar refractivity (Wildman–Crippen MR) is 217 cm³/mol. The van der Waals surface area contributed by atoms with E-state index in [1.807, 2.05) is 40.0 Å². The van der Waals surface area contributed by atoms with E-state index in [9.17, 15) is 22.8 Å². The second kappa shape index (κ2) is 20.4. The fraction of sp³-hybridized carbons (Fsp3) is 0.561. The van der Waals surface area contributed by atoms with Crippen LogP contribution in [-0.4, -0.2) is 106 Å². The Morgan fingerprint density at radius 1 is 1.02 bits per heavy atom. The number of sulfonamides is 1. The van der Waals surface area contributed by atoms with E-state index in [-0.39, 0.29) is 61.4 Å². The van der Waals surface area contributed by atoms with Gasteiger partial charge >= 0.3 is 18.0 Å². The molecule has 17 nitrogen and oxygen atoms in total. The van der Waals surface area contributed by atoms with Crippen LogP contribution in [0.3, 0.4) is 0 Å². The number of aromatic nitrogens is 1. The van der Waals surface area contributed by atoms with Crippen molar-refractivity contribution in [3.8, 4) is 17.2 Å². The van der Waals surface area contributed by atoms with Crippen LogP contribution in [0.25, 0.3) is 0 Å². The number of amides is 1. The number of nitrogens with zero attached hydrogens (tertiary/aromatic N) is 2. The zero-order chi connectivity index (χ0) is 43.0. The lowest BCUT2D eigenvalue weighted by Gasteiger charge is -2.33. The number of aryl methyl sites for hydroxylation is 1. The minimum absolute atomic E-state index is 0.00800. The van der Waals surface area contributed by atoms with Crippen LogP contribution in [0, 0.1) is 24.7 Å². The molecular weight excluding hydrogens is 821 g/mol. The van der Waals surface area contributed by atoms with Gasteiger partial charge in [0.05, 0.1) is 47.3 Å². The average molecular weight is 875 g/mol. The van der Waals surface area contributed by atoms with Gasteiger partial charge in [0.1, 0.15) is 30.6 Å². The number of hydrogen-bond donors (Lipinski definition) is 2. The maximum absolute atomic E-state index is 14.5. The number of nitrogens with two attached hydrogens (primary N) is 1. The molecule has 0 bridgehead atoms. The Hall–Kier alpha value is -4.53. The zero-order valence-corrected chi connectivity index (χ0v) is 36.0. The molecule has 0 radical (unpaired) electrons. The normalized spacial score (nSPS) is 19.9. The van der Waals surface area contributed by atoms with Crippen LogP contribution in [0.5, 0.6) is 17.2 Å². The Morgan fingerprint density at radius 2 is 1.78 bits per heavy atom. The summed E-state index contributed by atoms with van der Waals surface area (Å²) in [6, 6.07) is 9.35. The van der Waals surface area contributed by atoms with Crippen molar-refractivity contribution in [3.63, 3.8) is 0 Å². The van der Waals surface area contributed by atoms with Gasteiger partial charge in [0.2, 0.25) is 16.8 Å². The van der Waals surface area contributed by atoms with Crippen molar-refractivity contribution in [3.05, 3.63) is 64.1 Å². The molecule has 4 heterocycles. The van der Waals surface area contributed by atoms with E-state index < -0.39 is 71.8 Å². The van der Waals surface area contributed by atoms with E-state index in [0.717, 1.165) is 10.7 Å². The van der Waals surface area contributed by atoms with Crippen molar-refractivity contribution in [2.24, 2.45) is 23.5 Å². The van der Waals surface area contributed by atoms with E-state index in [0.29, 0.717) is 36.5 Å². The highest BCUT2D eigenvalue weighted by Crippen LogP contribution is 2.36. The van der Waals surface area contributed by atoms with Crippen LogP contribution >= 0.6 is 11.3 Å². The van der Waals surface area contributed by atoms with Gasteiger partial charge in [0, 0.05) is 18.0 Å². The standard InChI is InChI=1S/C41H54N4O13S2/c1-24(2)14-32(42)39(47)53-21-38(46)57-36(18-45(17-25(3)4)60(49,50)30-10-11-34-35(16-30)56-23-55-34)33(44-41(48)58-37-20-54-40-31(37)12-13-51-40)15-27-6-8-29(9-7-27)52-19-28-22-59-26(5)43-28/h6-11,16,22,24-25,31-33,36-37,40H,12-15,17-21,23,42H2,1-5H3,(H,44,48)/t31-,32-,33-,36+,37-,40+/m0/s1. The molecule has 60 heavy (non-hydrogen) atoms. The van der Waals surface area contributed by atoms with E-state index in [2.05, 4.69) is 10.3 Å². The number of benzene rings is 2. The Morgan fingerprint density at radius 3 is 2.50 bits per heavy atom. The van der Waals surface area contributed by atoms with Crippen LogP contribution in [0.2, 0.25) is 0 Å². The molecule has 328 valence electrons. The lowest BCUT2D eigenvalue weighted by Crippen LogP contribution is -2.53. The van der Waals surface area contributed by atoms with Crippen LogP contribution in [-0.2, 0) is 56.3 Å². The number of hydrogen-bond acceptors (Lipinski definition) is 16. The number of rotatable bonds is 20. The largest absolute Gasteiger partial charge is 0.487 e. The number of ether oxygens (including phenoxy) is 8. The molecule has 3 aliphatic rings. The third-order valence-electron chi connectivity index (χ3n) is 10.0. The molecule has 2 fully saturated rings. The Balaban J connectivity index is 1.29. The molecule has 0 spiro atoms. The van der Waals surface area contributed by atoms with Crippen molar-refractivity contribution in [2.45, 2.75) is 96.0 Å². The third kappa shape index (κ3) is 12.1. The number of fused-ring (bicyclic) bond motifs is 2. The lowest BCUT2D eigenvalue weighted by molar-refractivity contribution is -0.164. The number of carbonyl (C=O) groups is 3. The van der Waals surface area contributed by atoms with Gasteiger partial charge < -0.3 is 48.9 Å². The van der Waals surface area contributed by atoms with Crippen molar-refractivity contribution < 1.29 is 60.7 Å². The quantitative estimate of drug-likeness (QED) is 0.119. The summed E-state index contributed by atoms with van der Waals surface area (Å²) in [5, 5.41) is 5.72. The minimum atomic E-state index is -4.28. The molecule has 2 aromatic carbocycles. The summed E-state index contributed by atoms with van der Waals surface area (Å²) in [6.07, 6.45) is -2.23. The fourth-order valence-electron chi connectivity index (χ4n) is 7.11. The molecule has 1 aromatic heterocycles. The molecule has 2 saturated heterocycles. The molecule has 0 unspecified atom stereocenters. The lowest BCUT2D eigenvalue weighted by atomic mass is 10.0. The van der Waals surface area contributed by atoms with Crippen LogP contribution in [0.1, 0.15) is 56.8 Å². The maximum atomic E-state index is 14.5. The third-order valence-corrected chi connectivity index (χ3v) is 12.7. The summed E-state index contributed by atoms with van der Waals surface area (Å²) >= 11 is 1.53. The number of thiazole rings is 1. The van der Waals surface area contributed by atoms with Crippen LogP contribution in [0.15, 0.2) is 52.7 Å². The summed E-state index contributed by atoms with van der Waals surface area (Å²) in [5.41, 5.74) is 7.48. The molecule has 0 saturated carbocycles. The molecule has 1 amide bonds. The summed E-state index contributed by atoms with van der Waals surface area (Å²) < 4.78 is 75.3. The molecule has 6 rings (SSSR count). The first-order valence-electron chi connectivity index (χ1n) is 20.0. The number of esters is 2. The van der Waals surface area contributed by atoms with Gasteiger partial charge in [-0.3, -0.25) is 4.79 Å². The fourth-order valence-corrected chi connectivity index (χ4v) is 9.34. The number of nitrogens with one attached hydrogen (secondary N) is 1. The van der Waals surface area contributed by atoms with Gasteiger partial charge in [0.15, 0.2) is 24.4 Å². The van der Waals surface area contributed by atoms with Crippen molar-refractivity contribution in [1.82, 2.24) is 14.6 Å². The highest BCUT2D eigenvalue weighted by atomic mass is 32.2. The van der Waals surface area contributed by atoms with Gasteiger partial charge in [0.25, 0.3) is 0 Å². The van der Waals surface area contributed by atoms with Gasteiger partial charge in [-0.05, 0) is 67.9 Å². The molecule has 19 heteroatoms. The Bertz CT molecular complexity index is 2050. The highest BCUT2D eigenvalue weighted by molar-refractivity contribution is 7.89. The van der Waals surface area contributed by atoms with E-state index in [1.54, 1.807) is 24.3 Å². The smallest absolute Gasteiger partial charge is 0.407 e. The first kappa shape index (κ1) is 45.0. The van der Waals surface area contributed by atoms with E-state index in [4.69, 9.17) is 43.6 Å². The summed E-state index contributed by atoms with van der Waals surface area (Å²) in [7, 11) is -4.28. The molecule has 3 N–H and O–H groups in total. The van der Waals surface area contributed by atoms with E-state index >= 15 is 0 Å². The SMILES string of the molecule is Cc1nc(COc2ccc(C[C@H](NC(=O)O[C@H]3CO[C@H]4OCC[C@H]43)[C@@H](CN(CC(C)C)S(=O)(=O)c3ccc4c(c3)OCO4)OC(=O)COC(=O)[C@@H](N)CC(C)C)cc2)cs1. The van der Waals surface area contributed by atoms with Gasteiger partial charge in [-0.15, -0.1) is 11.3 Å². The molecule has 0 aliphatic carbocycles. The first-order valence-corrected chi connectivity index (χ1v) is 22.3. The highest BCUT2D eigenvalue weighted by Gasteiger charge is 2.44. The minimum Gasteiger partial charge on any atom is -0.487 e.